The van der Waals surface area contributed by atoms with Crippen LogP contribution in [-0.2, 0) is 10.0 Å². The molecule has 0 aliphatic rings. The number of ether oxygens (including phenoxy) is 1. The molecule has 2 N–H and O–H groups in total. The van der Waals surface area contributed by atoms with Crippen LogP contribution in [0.2, 0.25) is 0 Å². The van der Waals surface area contributed by atoms with Gasteiger partial charge in [0.15, 0.2) is 0 Å². The van der Waals surface area contributed by atoms with Gasteiger partial charge in [-0.15, -0.1) is 0 Å². The molecule has 0 amide bonds. The third-order valence-electron chi connectivity index (χ3n) is 3.40. The fraction of sp³-hybridized carbons (Fsp3) is 0.600. The first-order valence-corrected chi connectivity index (χ1v) is 8.87. The molecule has 20 heavy (non-hydrogen) atoms. The molecule has 0 fully saturated rings. The third-order valence-corrected chi connectivity index (χ3v) is 4.26. The van der Waals surface area contributed by atoms with Crippen LogP contribution >= 0.6 is 0 Å². The molecule has 1 atom stereocenters. The van der Waals surface area contributed by atoms with Gasteiger partial charge in [0.1, 0.15) is 5.75 Å². The van der Waals surface area contributed by atoms with Crippen LogP contribution in [0.4, 0.5) is 0 Å². The SMILES string of the molecule is CCC(C)c1ccc(OCCCCCS(N)(=O)=O)cc1. The Morgan fingerprint density at radius 1 is 1.15 bits per heavy atom. The van der Waals surface area contributed by atoms with Crippen LogP contribution in [0, 0.1) is 0 Å². The summed E-state index contributed by atoms with van der Waals surface area (Å²) >= 11 is 0. The largest absolute Gasteiger partial charge is 0.494 e. The number of rotatable bonds is 9. The van der Waals surface area contributed by atoms with Gasteiger partial charge in [0.25, 0.3) is 0 Å². The Labute approximate surface area is 122 Å². The van der Waals surface area contributed by atoms with Gasteiger partial charge >= 0.3 is 0 Å². The highest BCUT2D eigenvalue weighted by Crippen LogP contribution is 2.21. The molecule has 0 saturated carbocycles. The summed E-state index contributed by atoms with van der Waals surface area (Å²) < 4.78 is 27.1. The van der Waals surface area contributed by atoms with Crippen molar-refractivity contribution in [1.29, 1.82) is 0 Å². The number of nitrogens with two attached hydrogens (primary N) is 1. The molecule has 1 unspecified atom stereocenters. The van der Waals surface area contributed by atoms with E-state index in [4.69, 9.17) is 9.88 Å². The highest BCUT2D eigenvalue weighted by atomic mass is 32.2. The van der Waals surface area contributed by atoms with Gasteiger partial charge in [-0.1, -0.05) is 26.0 Å². The number of unbranched alkanes of at least 4 members (excludes halogenated alkanes) is 2. The first-order valence-electron chi connectivity index (χ1n) is 7.15. The van der Waals surface area contributed by atoms with Gasteiger partial charge in [-0.2, -0.15) is 0 Å². The number of sulfonamides is 1. The first-order chi connectivity index (χ1) is 9.42. The number of hydrogen-bond donors (Lipinski definition) is 1. The van der Waals surface area contributed by atoms with E-state index in [9.17, 15) is 8.42 Å². The lowest BCUT2D eigenvalue weighted by atomic mass is 9.99. The lowest BCUT2D eigenvalue weighted by Gasteiger charge is -2.10. The average Bonchev–Trinajstić information content (AvgIpc) is 2.41. The summed E-state index contributed by atoms with van der Waals surface area (Å²) in [5.74, 6) is 1.49. The molecule has 1 aromatic rings. The minimum atomic E-state index is -3.32. The Morgan fingerprint density at radius 3 is 2.35 bits per heavy atom. The lowest BCUT2D eigenvalue weighted by Crippen LogP contribution is -2.16. The van der Waals surface area contributed by atoms with Crippen LogP contribution in [-0.4, -0.2) is 20.8 Å². The third kappa shape index (κ3) is 6.91. The maximum absolute atomic E-state index is 10.7. The van der Waals surface area contributed by atoms with Gasteiger partial charge in [0.2, 0.25) is 10.0 Å². The van der Waals surface area contributed by atoms with Gasteiger partial charge in [-0.25, -0.2) is 13.6 Å². The van der Waals surface area contributed by atoms with E-state index in [2.05, 4.69) is 26.0 Å². The van der Waals surface area contributed by atoms with E-state index in [1.54, 1.807) is 0 Å². The van der Waals surface area contributed by atoms with Crippen molar-refractivity contribution in [3.63, 3.8) is 0 Å². The zero-order chi connectivity index (χ0) is 15.0. The fourth-order valence-corrected chi connectivity index (χ4v) is 2.51. The van der Waals surface area contributed by atoms with Crippen molar-refractivity contribution in [1.82, 2.24) is 0 Å². The summed E-state index contributed by atoms with van der Waals surface area (Å²) in [5.41, 5.74) is 1.33. The smallest absolute Gasteiger partial charge is 0.209 e. The van der Waals surface area contributed by atoms with Gasteiger partial charge in [-0.05, 0) is 49.3 Å². The van der Waals surface area contributed by atoms with Crippen LogP contribution in [0.5, 0.6) is 5.75 Å². The van der Waals surface area contributed by atoms with Crippen LogP contribution in [0.1, 0.15) is 51.0 Å². The molecule has 5 heteroatoms. The maximum atomic E-state index is 10.7. The van der Waals surface area contributed by atoms with Crippen molar-refractivity contribution >= 4 is 10.0 Å². The summed E-state index contributed by atoms with van der Waals surface area (Å²) in [6.45, 7) is 4.99. The van der Waals surface area contributed by atoms with Gasteiger partial charge in [-0.3, -0.25) is 0 Å². The quantitative estimate of drug-likeness (QED) is 0.712. The molecule has 0 aliphatic carbocycles. The van der Waals surface area contributed by atoms with E-state index < -0.39 is 10.0 Å². The topological polar surface area (TPSA) is 69.4 Å². The van der Waals surface area contributed by atoms with Crippen LogP contribution < -0.4 is 9.88 Å². The molecule has 4 nitrogen and oxygen atoms in total. The summed E-state index contributed by atoms with van der Waals surface area (Å²) in [7, 11) is -3.32. The van der Waals surface area contributed by atoms with Gasteiger partial charge in [0, 0.05) is 0 Å². The molecule has 0 aliphatic heterocycles. The second kappa shape index (κ2) is 8.27. The summed E-state index contributed by atoms with van der Waals surface area (Å²) in [6.07, 6.45) is 3.36. The molecule has 0 bridgehead atoms. The molecule has 0 radical (unpaired) electrons. The highest BCUT2D eigenvalue weighted by molar-refractivity contribution is 7.89. The molecule has 0 spiro atoms. The predicted octanol–water partition coefficient (Wildman–Crippen LogP) is 3.04. The van der Waals surface area contributed by atoms with E-state index in [0.29, 0.717) is 18.9 Å². The second-order valence-electron chi connectivity index (χ2n) is 5.15. The van der Waals surface area contributed by atoms with Crippen molar-refractivity contribution in [2.45, 2.75) is 45.4 Å². The minimum absolute atomic E-state index is 0.0522. The minimum Gasteiger partial charge on any atom is -0.494 e. The predicted molar refractivity (Wildman–Crippen MR) is 82.5 cm³/mol. The molecular weight excluding hydrogens is 274 g/mol. The zero-order valence-corrected chi connectivity index (χ0v) is 13.2. The van der Waals surface area contributed by atoms with Crippen LogP contribution in [0.25, 0.3) is 0 Å². The second-order valence-corrected chi connectivity index (χ2v) is 6.89. The van der Waals surface area contributed by atoms with Crippen LogP contribution in [0.3, 0.4) is 0 Å². The number of hydrogen-bond acceptors (Lipinski definition) is 3. The molecule has 0 saturated heterocycles. The number of benzene rings is 1. The van der Waals surface area contributed by atoms with E-state index in [-0.39, 0.29) is 5.75 Å². The van der Waals surface area contributed by atoms with E-state index in [1.807, 2.05) is 12.1 Å². The van der Waals surface area contributed by atoms with Crippen LogP contribution in [0.15, 0.2) is 24.3 Å². The summed E-state index contributed by atoms with van der Waals surface area (Å²) in [4.78, 5) is 0. The number of primary sulfonamides is 1. The van der Waals surface area contributed by atoms with Crippen molar-refractivity contribution in [3.05, 3.63) is 29.8 Å². The fourth-order valence-electron chi connectivity index (χ4n) is 1.90. The van der Waals surface area contributed by atoms with E-state index in [0.717, 1.165) is 25.0 Å². The Morgan fingerprint density at radius 2 is 1.80 bits per heavy atom. The normalized spacial score (nSPS) is 13.2. The Kier molecular flexibility index (Phi) is 7.02. The van der Waals surface area contributed by atoms with Crippen molar-refractivity contribution in [2.24, 2.45) is 5.14 Å². The summed E-state index contributed by atoms with van der Waals surface area (Å²) in [5, 5.41) is 4.93. The van der Waals surface area contributed by atoms with Crippen molar-refractivity contribution < 1.29 is 13.2 Å². The van der Waals surface area contributed by atoms with Crippen molar-refractivity contribution in [2.75, 3.05) is 12.4 Å². The molecular formula is C15H25NO3S. The summed E-state index contributed by atoms with van der Waals surface area (Å²) in [6, 6.07) is 8.19. The molecule has 1 aromatic carbocycles. The Hall–Kier alpha value is -1.07. The molecule has 0 aromatic heterocycles. The maximum Gasteiger partial charge on any atom is 0.209 e. The molecule has 114 valence electrons. The monoisotopic (exact) mass is 299 g/mol. The Balaban J connectivity index is 2.22. The molecule has 0 heterocycles. The average molecular weight is 299 g/mol. The highest BCUT2D eigenvalue weighted by Gasteiger charge is 2.03. The van der Waals surface area contributed by atoms with Gasteiger partial charge in [0.05, 0.1) is 12.4 Å². The first kappa shape index (κ1) is 17.0. The van der Waals surface area contributed by atoms with Crippen molar-refractivity contribution in [3.8, 4) is 5.75 Å². The zero-order valence-electron chi connectivity index (χ0n) is 12.3. The Bertz CT molecular complexity index is 482. The lowest BCUT2D eigenvalue weighted by molar-refractivity contribution is 0.306. The van der Waals surface area contributed by atoms with Gasteiger partial charge < -0.3 is 4.74 Å². The van der Waals surface area contributed by atoms with E-state index in [1.165, 1.54) is 5.56 Å². The molecule has 1 rings (SSSR count). The standard InChI is InChI=1S/C15H25NO3S/c1-3-13(2)14-7-9-15(10-8-14)19-11-5-4-6-12-20(16,17)18/h7-10,13H,3-6,11-12H2,1-2H3,(H2,16,17,18). The van der Waals surface area contributed by atoms with E-state index >= 15 is 0 Å².